The van der Waals surface area contributed by atoms with E-state index >= 15 is 0 Å². The maximum Gasteiger partial charge on any atom is 0.362 e. The van der Waals surface area contributed by atoms with Crippen molar-refractivity contribution in [3.63, 3.8) is 0 Å². The van der Waals surface area contributed by atoms with E-state index in [2.05, 4.69) is 19.1 Å². The fourth-order valence-corrected chi connectivity index (χ4v) is 1.71. The van der Waals surface area contributed by atoms with Crippen molar-refractivity contribution in [3.05, 3.63) is 12.2 Å². The van der Waals surface area contributed by atoms with Crippen molar-refractivity contribution in [2.45, 2.75) is 45.6 Å². The molecule has 0 aromatic rings. The Balaban J connectivity index is 4.04. The van der Waals surface area contributed by atoms with Crippen molar-refractivity contribution >= 4 is 5.97 Å². The van der Waals surface area contributed by atoms with E-state index in [1.807, 2.05) is 0 Å². The number of carboxylic acid groups (broad SMARTS) is 1. The fourth-order valence-electron chi connectivity index (χ4n) is 1.71. The van der Waals surface area contributed by atoms with Crippen molar-refractivity contribution in [2.24, 2.45) is 0 Å². The minimum absolute atomic E-state index is 0.00866. The highest BCUT2D eigenvalue weighted by atomic mass is 16.5. The molecule has 0 aromatic heterocycles. The van der Waals surface area contributed by atoms with Gasteiger partial charge in [0.05, 0.1) is 6.61 Å². The van der Waals surface area contributed by atoms with Crippen LogP contribution in [0.2, 0.25) is 0 Å². The molecule has 6 nitrogen and oxygen atoms in total. The Kier molecular flexibility index (Phi) is 10.3. The Morgan fingerprint density at radius 2 is 1.90 bits per heavy atom. The largest absolute Gasteiger partial charge is 0.477 e. The van der Waals surface area contributed by atoms with Gasteiger partial charge in [-0.3, -0.25) is 0 Å². The van der Waals surface area contributed by atoms with Crippen LogP contribution in [0.25, 0.3) is 0 Å². The van der Waals surface area contributed by atoms with Crippen molar-refractivity contribution < 1.29 is 29.3 Å². The van der Waals surface area contributed by atoms with Crippen LogP contribution < -0.4 is 0 Å². The molecule has 0 spiro atoms. The summed E-state index contributed by atoms with van der Waals surface area (Å²) in [6, 6.07) is -0.919. The molecule has 20 heavy (non-hydrogen) atoms. The molecule has 3 N–H and O–H groups in total. The monoisotopic (exact) mass is 290 g/mol. The van der Waals surface area contributed by atoms with Crippen LogP contribution >= 0.6 is 0 Å². The lowest BCUT2D eigenvalue weighted by molar-refractivity contribution is -0.989. The summed E-state index contributed by atoms with van der Waals surface area (Å²) in [7, 11) is 0. The molecule has 0 aliphatic heterocycles. The van der Waals surface area contributed by atoms with E-state index < -0.39 is 30.0 Å². The van der Waals surface area contributed by atoms with Crippen LogP contribution in [0.5, 0.6) is 0 Å². The fraction of sp³-hybridized carbons (Fsp3) is 0.786. The van der Waals surface area contributed by atoms with Crippen LogP contribution in [0.3, 0.4) is 0 Å². The quantitative estimate of drug-likeness (QED) is 0.218. The molecule has 0 rings (SSSR count). The molecule has 1 unspecified atom stereocenters. The third-order valence-electron chi connectivity index (χ3n) is 3.40. The Bertz CT molecular complexity index is 289. The summed E-state index contributed by atoms with van der Waals surface area (Å²) in [5.74, 6) is -1.07. The molecular weight excluding hydrogens is 262 g/mol. The van der Waals surface area contributed by atoms with Crippen LogP contribution in [0, 0.1) is 0 Å². The lowest BCUT2D eigenvalue weighted by Crippen LogP contribution is -2.59. The molecule has 0 bridgehead atoms. The topological polar surface area (TPSA) is 87.0 Å². The summed E-state index contributed by atoms with van der Waals surface area (Å²) in [6.07, 6.45) is 8.16. The Morgan fingerprint density at radius 1 is 1.25 bits per heavy atom. The third kappa shape index (κ3) is 6.47. The number of rotatable bonds is 12. The first-order chi connectivity index (χ1) is 9.54. The molecule has 118 valence electrons. The van der Waals surface area contributed by atoms with E-state index in [1.54, 1.807) is 0 Å². The van der Waals surface area contributed by atoms with E-state index in [-0.39, 0.29) is 6.73 Å². The number of quaternary nitrogens is 1. The van der Waals surface area contributed by atoms with Gasteiger partial charge in [0.2, 0.25) is 0 Å². The number of allylic oxidation sites excluding steroid dienone is 2. The zero-order valence-corrected chi connectivity index (χ0v) is 12.5. The highest BCUT2D eigenvalue weighted by molar-refractivity contribution is 5.71. The van der Waals surface area contributed by atoms with Crippen LogP contribution in [0.4, 0.5) is 0 Å². The Hall–Kier alpha value is -0.950. The van der Waals surface area contributed by atoms with Crippen LogP contribution in [-0.4, -0.2) is 58.6 Å². The number of carboxylic acids is 1. The number of aliphatic hydroxyl groups is 2. The number of aliphatic hydroxyl groups excluding tert-OH is 2. The second kappa shape index (κ2) is 10.8. The second-order valence-corrected chi connectivity index (χ2v) is 4.93. The first kappa shape index (κ1) is 19.1. The van der Waals surface area contributed by atoms with E-state index in [9.17, 15) is 15.0 Å². The summed E-state index contributed by atoms with van der Waals surface area (Å²) in [6.45, 7) is 3.09. The van der Waals surface area contributed by atoms with Crippen LogP contribution in [0.1, 0.15) is 39.5 Å². The number of aliphatic carboxylic acids is 1. The molecule has 0 aromatic carbocycles. The van der Waals surface area contributed by atoms with Gasteiger partial charge in [-0.1, -0.05) is 19.1 Å². The lowest BCUT2D eigenvalue weighted by Gasteiger charge is -2.36. The first-order valence-corrected chi connectivity index (χ1v) is 7.07. The molecule has 0 saturated carbocycles. The van der Waals surface area contributed by atoms with Crippen molar-refractivity contribution in [2.75, 3.05) is 26.8 Å². The van der Waals surface area contributed by atoms with Gasteiger partial charge < -0.3 is 20.1 Å². The highest BCUT2D eigenvalue weighted by Crippen LogP contribution is 2.13. The van der Waals surface area contributed by atoms with Gasteiger partial charge in [0.15, 0.2) is 26.2 Å². The molecule has 0 heterocycles. The highest BCUT2D eigenvalue weighted by Gasteiger charge is 2.38. The van der Waals surface area contributed by atoms with Gasteiger partial charge in [-0.25, -0.2) is 9.28 Å². The lowest BCUT2D eigenvalue weighted by atomic mass is 10.2. The summed E-state index contributed by atoms with van der Waals surface area (Å²) in [5.41, 5.74) is 0. The first-order valence-electron chi connectivity index (χ1n) is 7.07. The summed E-state index contributed by atoms with van der Waals surface area (Å²) in [4.78, 5) is 11.0. The summed E-state index contributed by atoms with van der Waals surface area (Å²) < 4.78 is 5.03. The Labute approximate surface area is 120 Å². The molecule has 0 fully saturated rings. The number of hydrogen-bond acceptors (Lipinski definition) is 4. The number of hydrogen-bond donors (Lipinski definition) is 3. The third-order valence-corrected chi connectivity index (χ3v) is 3.40. The number of carbonyl (C=O) groups is 1. The predicted octanol–water partition coefficient (Wildman–Crippen LogP) is 1.29. The van der Waals surface area contributed by atoms with Crippen LogP contribution in [0.15, 0.2) is 12.2 Å². The normalized spacial score (nSPS) is 13.8. The average molecular weight is 290 g/mol. The van der Waals surface area contributed by atoms with Crippen LogP contribution in [-0.2, 0) is 9.53 Å². The van der Waals surface area contributed by atoms with Crippen molar-refractivity contribution in [3.8, 4) is 0 Å². The summed E-state index contributed by atoms with van der Waals surface area (Å²) >= 11 is 0. The molecule has 0 saturated heterocycles. The Morgan fingerprint density at radius 3 is 2.40 bits per heavy atom. The molecular formula is C14H28NO5+. The standard InChI is InChI=1S/C14H27NO5/c1-3-4-5-6-7-8-9-20-12-15(10-16,11-17)13(2)14(18)19/h4-5,13,16-17H,3,6-12H2,1-2H3/p+1/b5-4+. The van der Waals surface area contributed by atoms with Gasteiger partial charge in [-0.2, -0.15) is 0 Å². The molecule has 0 aliphatic carbocycles. The van der Waals surface area contributed by atoms with E-state index in [1.165, 1.54) is 6.92 Å². The maximum atomic E-state index is 11.0. The van der Waals surface area contributed by atoms with Crippen molar-refractivity contribution in [1.82, 2.24) is 0 Å². The molecule has 0 amide bonds. The minimum atomic E-state index is -1.07. The zero-order chi connectivity index (χ0) is 15.4. The maximum absolute atomic E-state index is 11.0. The second-order valence-electron chi connectivity index (χ2n) is 4.93. The molecule has 1 atom stereocenters. The van der Waals surface area contributed by atoms with E-state index in [0.29, 0.717) is 6.61 Å². The molecule has 0 radical (unpaired) electrons. The van der Waals surface area contributed by atoms with Gasteiger partial charge in [-0.15, -0.1) is 0 Å². The van der Waals surface area contributed by atoms with Gasteiger partial charge >= 0.3 is 5.97 Å². The number of ether oxygens (including phenoxy) is 1. The zero-order valence-electron chi connectivity index (χ0n) is 12.5. The summed E-state index contributed by atoms with van der Waals surface area (Å²) in [5, 5.41) is 27.7. The van der Waals surface area contributed by atoms with Crippen molar-refractivity contribution in [1.29, 1.82) is 0 Å². The van der Waals surface area contributed by atoms with Gasteiger partial charge in [0, 0.05) is 0 Å². The number of nitrogens with zero attached hydrogens (tertiary/aromatic N) is 1. The van der Waals surface area contributed by atoms with E-state index in [4.69, 9.17) is 9.84 Å². The minimum Gasteiger partial charge on any atom is -0.477 e. The van der Waals surface area contributed by atoms with Gasteiger partial charge in [0.25, 0.3) is 0 Å². The predicted molar refractivity (Wildman–Crippen MR) is 75.6 cm³/mol. The number of unbranched alkanes of at least 4 members (excludes halogenated alkanes) is 2. The van der Waals surface area contributed by atoms with E-state index in [0.717, 1.165) is 25.7 Å². The molecule has 0 aliphatic rings. The SMILES string of the molecule is CC/C=C/CCCCOC[N+](CO)(CO)C(C)C(=O)O. The average Bonchev–Trinajstić information content (AvgIpc) is 2.45. The smallest absolute Gasteiger partial charge is 0.362 e. The van der Waals surface area contributed by atoms with Gasteiger partial charge in [0.1, 0.15) is 0 Å². The van der Waals surface area contributed by atoms with Gasteiger partial charge in [-0.05, 0) is 32.6 Å². The molecule has 6 heteroatoms.